The zero-order valence-corrected chi connectivity index (χ0v) is 17.3. The van der Waals surface area contributed by atoms with Crippen LogP contribution in [0.2, 0.25) is 0 Å². The predicted molar refractivity (Wildman–Crippen MR) is 120 cm³/mol. The molecule has 29 heavy (non-hydrogen) atoms. The Balaban J connectivity index is 1.50. The van der Waals surface area contributed by atoms with Crippen LogP contribution in [0.1, 0.15) is 18.1 Å². The highest BCUT2D eigenvalue weighted by Gasteiger charge is 2.14. The quantitative estimate of drug-likeness (QED) is 0.526. The minimum Gasteiger partial charge on any atom is -0.326 e. The van der Waals surface area contributed by atoms with Crippen molar-refractivity contribution >= 4 is 35.0 Å². The van der Waals surface area contributed by atoms with E-state index in [1.807, 2.05) is 92.7 Å². The average Bonchev–Trinajstić information content (AvgIpc) is 2.72. The van der Waals surface area contributed by atoms with Crippen molar-refractivity contribution in [2.75, 3.05) is 10.6 Å². The van der Waals surface area contributed by atoms with Crippen LogP contribution in [-0.4, -0.2) is 17.1 Å². The molecule has 0 aliphatic rings. The van der Waals surface area contributed by atoms with Crippen molar-refractivity contribution in [1.29, 1.82) is 0 Å². The number of aryl methyl sites for hydroxylation is 1. The first kappa shape index (κ1) is 20.7. The molecule has 5 heteroatoms. The third-order valence-electron chi connectivity index (χ3n) is 4.35. The highest BCUT2D eigenvalue weighted by molar-refractivity contribution is 8.00. The molecular formula is C24H24N2O2S. The molecule has 0 fully saturated rings. The molecule has 0 radical (unpaired) electrons. The van der Waals surface area contributed by atoms with Crippen molar-refractivity contribution in [2.24, 2.45) is 0 Å². The van der Waals surface area contributed by atoms with Crippen LogP contribution in [-0.2, 0) is 16.0 Å². The molecule has 0 heterocycles. The summed E-state index contributed by atoms with van der Waals surface area (Å²) in [6.45, 7) is 3.89. The van der Waals surface area contributed by atoms with Crippen LogP contribution in [0, 0.1) is 6.92 Å². The Morgan fingerprint density at radius 3 is 2.07 bits per heavy atom. The number of carbonyl (C=O) groups excluding carboxylic acids is 2. The van der Waals surface area contributed by atoms with E-state index in [0.717, 1.165) is 27.4 Å². The minimum absolute atomic E-state index is 0.0425. The minimum atomic E-state index is -0.241. The number of anilines is 2. The van der Waals surface area contributed by atoms with Crippen LogP contribution < -0.4 is 10.6 Å². The Morgan fingerprint density at radius 1 is 0.828 bits per heavy atom. The average molecular weight is 405 g/mol. The molecule has 1 atom stereocenters. The Labute approximate surface area is 175 Å². The molecule has 0 bridgehead atoms. The summed E-state index contributed by atoms with van der Waals surface area (Å²) in [7, 11) is 0. The van der Waals surface area contributed by atoms with Crippen molar-refractivity contribution in [3.05, 3.63) is 90.0 Å². The van der Waals surface area contributed by atoms with Gasteiger partial charge in [-0.05, 0) is 55.8 Å². The number of carbonyl (C=O) groups is 2. The molecule has 4 nitrogen and oxygen atoms in total. The topological polar surface area (TPSA) is 58.2 Å². The van der Waals surface area contributed by atoms with Crippen LogP contribution >= 0.6 is 11.8 Å². The predicted octanol–water partition coefficient (Wildman–Crippen LogP) is 5.30. The van der Waals surface area contributed by atoms with E-state index in [1.165, 1.54) is 11.8 Å². The highest BCUT2D eigenvalue weighted by Crippen LogP contribution is 2.25. The van der Waals surface area contributed by atoms with Gasteiger partial charge in [-0.3, -0.25) is 9.59 Å². The van der Waals surface area contributed by atoms with Gasteiger partial charge in [0, 0.05) is 16.3 Å². The molecule has 2 amide bonds. The summed E-state index contributed by atoms with van der Waals surface area (Å²) in [6.07, 6.45) is 0.341. The Morgan fingerprint density at radius 2 is 1.41 bits per heavy atom. The van der Waals surface area contributed by atoms with Gasteiger partial charge >= 0.3 is 0 Å². The van der Waals surface area contributed by atoms with Gasteiger partial charge < -0.3 is 10.6 Å². The van der Waals surface area contributed by atoms with Gasteiger partial charge in [0.15, 0.2) is 0 Å². The van der Waals surface area contributed by atoms with Gasteiger partial charge in [-0.25, -0.2) is 0 Å². The lowest BCUT2D eigenvalue weighted by Gasteiger charge is -2.13. The third-order valence-corrected chi connectivity index (χ3v) is 5.46. The van der Waals surface area contributed by atoms with Crippen LogP contribution in [0.5, 0.6) is 0 Å². The largest absolute Gasteiger partial charge is 0.326 e. The number of hydrogen-bond donors (Lipinski definition) is 2. The van der Waals surface area contributed by atoms with E-state index in [-0.39, 0.29) is 17.1 Å². The second-order valence-corrected chi connectivity index (χ2v) is 8.26. The molecule has 3 aromatic carbocycles. The SMILES string of the molecule is Cc1ccc(NC(=O)C(C)Sc2ccc(NC(=O)Cc3ccccc3)cc2)cc1. The molecule has 0 aliphatic heterocycles. The Kier molecular flexibility index (Phi) is 7.09. The molecule has 3 aromatic rings. The van der Waals surface area contributed by atoms with Gasteiger partial charge in [0.25, 0.3) is 0 Å². The molecule has 1 unspecified atom stereocenters. The Hall–Kier alpha value is -3.05. The molecule has 3 rings (SSSR count). The standard InChI is InChI=1S/C24H24N2O2S/c1-17-8-10-21(11-9-17)26-24(28)18(2)29-22-14-12-20(13-15-22)25-23(27)16-19-6-4-3-5-7-19/h3-15,18H,16H2,1-2H3,(H,25,27)(H,26,28). The maximum atomic E-state index is 12.4. The van der Waals surface area contributed by atoms with Crippen molar-refractivity contribution < 1.29 is 9.59 Å². The molecule has 0 spiro atoms. The summed E-state index contributed by atoms with van der Waals surface area (Å²) in [5, 5.41) is 5.60. The number of hydrogen-bond acceptors (Lipinski definition) is 3. The summed E-state index contributed by atoms with van der Waals surface area (Å²) in [6, 6.07) is 24.9. The fourth-order valence-corrected chi connectivity index (χ4v) is 3.61. The smallest absolute Gasteiger partial charge is 0.237 e. The molecule has 0 saturated heterocycles. The van der Waals surface area contributed by atoms with Gasteiger partial charge in [0.05, 0.1) is 11.7 Å². The molecule has 0 aliphatic carbocycles. The van der Waals surface area contributed by atoms with E-state index in [4.69, 9.17) is 0 Å². The van der Waals surface area contributed by atoms with E-state index in [2.05, 4.69) is 10.6 Å². The molecular weight excluding hydrogens is 380 g/mol. The van der Waals surface area contributed by atoms with Gasteiger partial charge in [0.2, 0.25) is 11.8 Å². The fourth-order valence-electron chi connectivity index (χ4n) is 2.74. The summed E-state index contributed by atoms with van der Waals surface area (Å²) < 4.78 is 0. The zero-order valence-electron chi connectivity index (χ0n) is 16.5. The van der Waals surface area contributed by atoms with Crippen molar-refractivity contribution in [3.63, 3.8) is 0 Å². The second kappa shape index (κ2) is 9.94. The number of rotatable bonds is 7. The molecule has 0 aromatic heterocycles. The summed E-state index contributed by atoms with van der Waals surface area (Å²) >= 11 is 1.48. The fraction of sp³-hybridized carbons (Fsp3) is 0.167. The van der Waals surface area contributed by atoms with Crippen LogP contribution in [0.15, 0.2) is 83.8 Å². The molecule has 148 valence electrons. The van der Waals surface area contributed by atoms with Gasteiger partial charge in [-0.15, -0.1) is 11.8 Å². The van der Waals surface area contributed by atoms with Crippen molar-refractivity contribution in [3.8, 4) is 0 Å². The summed E-state index contributed by atoms with van der Waals surface area (Å²) in [4.78, 5) is 25.5. The van der Waals surface area contributed by atoms with E-state index in [1.54, 1.807) is 0 Å². The maximum Gasteiger partial charge on any atom is 0.237 e. The van der Waals surface area contributed by atoms with E-state index in [0.29, 0.717) is 6.42 Å². The Bertz CT molecular complexity index is 954. The van der Waals surface area contributed by atoms with E-state index >= 15 is 0 Å². The van der Waals surface area contributed by atoms with Crippen molar-refractivity contribution in [1.82, 2.24) is 0 Å². The van der Waals surface area contributed by atoms with Crippen LogP contribution in [0.3, 0.4) is 0 Å². The van der Waals surface area contributed by atoms with Gasteiger partial charge in [-0.1, -0.05) is 48.0 Å². The van der Waals surface area contributed by atoms with E-state index in [9.17, 15) is 9.59 Å². The van der Waals surface area contributed by atoms with Gasteiger partial charge in [0.1, 0.15) is 0 Å². The first-order valence-electron chi connectivity index (χ1n) is 9.47. The summed E-state index contributed by atoms with van der Waals surface area (Å²) in [5.41, 5.74) is 3.67. The van der Waals surface area contributed by atoms with Crippen LogP contribution in [0.25, 0.3) is 0 Å². The number of benzene rings is 3. The normalized spacial score (nSPS) is 11.5. The number of amides is 2. The second-order valence-electron chi connectivity index (χ2n) is 6.85. The third kappa shape index (κ3) is 6.50. The van der Waals surface area contributed by atoms with Gasteiger partial charge in [-0.2, -0.15) is 0 Å². The van der Waals surface area contributed by atoms with E-state index < -0.39 is 0 Å². The maximum absolute atomic E-state index is 12.4. The monoisotopic (exact) mass is 404 g/mol. The van der Waals surface area contributed by atoms with Crippen LogP contribution in [0.4, 0.5) is 11.4 Å². The molecule has 2 N–H and O–H groups in total. The number of nitrogens with one attached hydrogen (secondary N) is 2. The highest BCUT2D eigenvalue weighted by atomic mass is 32.2. The summed E-state index contributed by atoms with van der Waals surface area (Å²) in [5.74, 6) is -0.0958. The lowest BCUT2D eigenvalue weighted by molar-refractivity contribution is -0.116. The number of thioether (sulfide) groups is 1. The lowest BCUT2D eigenvalue weighted by atomic mass is 10.1. The van der Waals surface area contributed by atoms with Crippen molar-refractivity contribution in [2.45, 2.75) is 30.4 Å². The first-order valence-corrected chi connectivity index (χ1v) is 10.4. The zero-order chi connectivity index (χ0) is 20.6. The first-order chi connectivity index (χ1) is 14.0. The molecule has 0 saturated carbocycles. The lowest BCUT2D eigenvalue weighted by Crippen LogP contribution is -2.22.